The van der Waals surface area contributed by atoms with Gasteiger partial charge in [-0.05, 0) is 64.0 Å². The zero-order valence-electron chi connectivity index (χ0n) is 12.0. The summed E-state index contributed by atoms with van der Waals surface area (Å²) in [4.78, 5) is 4.58. The molecular weight excluding hydrogens is 332 g/mol. The van der Waals surface area contributed by atoms with Gasteiger partial charge in [0.05, 0.1) is 3.79 Å². The maximum atomic E-state index is 4.58. The Morgan fingerprint density at radius 3 is 2.75 bits per heavy atom. The summed E-state index contributed by atoms with van der Waals surface area (Å²) >= 11 is 5.29. The van der Waals surface area contributed by atoms with Crippen LogP contribution in [0.2, 0.25) is 0 Å². The van der Waals surface area contributed by atoms with Gasteiger partial charge < -0.3 is 5.32 Å². The third kappa shape index (κ3) is 4.40. The van der Waals surface area contributed by atoms with Gasteiger partial charge in [-0.25, -0.2) is 0 Å². The van der Waals surface area contributed by atoms with Crippen molar-refractivity contribution in [3.8, 4) is 0 Å². The monoisotopic (exact) mass is 352 g/mol. The maximum absolute atomic E-state index is 4.58. The van der Waals surface area contributed by atoms with Crippen molar-refractivity contribution in [2.75, 3.05) is 6.54 Å². The minimum atomic E-state index is 0.345. The molecule has 0 aliphatic heterocycles. The van der Waals surface area contributed by atoms with E-state index in [1.54, 1.807) is 11.3 Å². The number of hydrogen-bond acceptors (Lipinski definition) is 3. The standard InChI is InChI=1S/C16H21BrN2S/c1-3-7-18-15(13-8-16(17)20-11-13)9-14-6-5-12(4-2)10-19-14/h5-6,8,10-11,15,18H,3-4,7,9H2,1-2H3. The summed E-state index contributed by atoms with van der Waals surface area (Å²) in [5, 5.41) is 5.84. The van der Waals surface area contributed by atoms with E-state index in [0.717, 1.165) is 31.5 Å². The second-order valence-electron chi connectivity index (χ2n) is 4.91. The molecule has 0 aliphatic carbocycles. The first-order valence-electron chi connectivity index (χ1n) is 7.14. The van der Waals surface area contributed by atoms with Gasteiger partial charge in [-0.2, -0.15) is 0 Å². The van der Waals surface area contributed by atoms with Crippen molar-refractivity contribution < 1.29 is 0 Å². The Kier molecular flexibility index (Phi) is 6.20. The van der Waals surface area contributed by atoms with Gasteiger partial charge in [-0.3, -0.25) is 4.98 Å². The second kappa shape index (κ2) is 7.91. The Hall–Kier alpha value is -0.710. The maximum Gasteiger partial charge on any atom is 0.0701 e. The van der Waals surface area contributed by atoms with Crippen LogP contribution in [0.25, 0.3) is 0 Å². The third-order valence-electron chi connectivity index (χ3n) is 3.34. The van der Waals surface area contributed by atoms with Crippen molar-refractivity contribution in [2.45, 2.75) is 39.2 Å². The highest BCUT2D eigenvalue weighted by molar-refractivity contribution is 9.11. The number of halogens is 1. The van der Waals surface area contributed by atoms with Crippen LogP contribution >= 0.6 is 27.3 Å². The Balaban J connectivity index is 2.10. The largest absolute Gasteiger partial charge is 0.310 e. The molecule has 1 atom stereocenters. The van der Waals surface area contributed by atoms with E-state index in [4.69, 9.17) is 0 Å². The average Bonchev–Trinajstić information content (AvgIpc) is 2.90. The van der Waals surface area contributed by atoms with Gasteiger partial charge in [0.25, 0.3) is 0 Å². The summed E-state index contributed by atoms with van der Waals surface area (Å²) in [5.74, 6) is 0. The van der Waals surface area contributed by atoms with E-state index in [9.17, 15) is 0 Å². The lowest BCUT2D eigenvalue weighted by atomic mass is 10.0. The van der Waals surface area contributed by atoms with Gasteiger partial charge in [0, 0.05) is 24.4 Å². The summed E-state index contributed by atoms with van der Waals surface area (Å²) in [5.41, 5.74) is 3.79. The van der Waals surface area contributed by atoms with Crippen LogP contribution in [-0.4, -0.2) is 11.5 Å². The van der Waals surface area contributed by atoms with Crippen LogP contribution in [0.1, 0.15) is 43.1 Å². The zero-order valence-corrected chi connectivity index (χ0v) is 14.4. The lowest BCUT2D eigenvalue weighted by Crippen LogP contribution is -2.24. The molecule has 108 valence electrons. The molecule has 2 aromatic heterocycles. The molecule has 0 saturated carbocycles. The van der Waals surface area contributed by atoms with Crippen LogP contribution in [0, 0.1) is 0 Å². The van der Waals surface area contributed by atoms with E-state index in [1.807, 2.05) is 6.20 Å². The minimum Gasteiger partial charge on any atom is -0.310 e. The van der Waals surface area contributed by atoms with Crippen molar-refractivity contribution in [3.63, 3.8) is 0 Å². The molecule has 0 saturated heterocycles. The normalized spacial score (nSPS) is 12.6. The molecule has 0 bridgehead atoms. The first-order valence-corrected chi connectivity index (χ1v) is 8.81. The molecule has 2 aromatic rings. The molecule has 20 heavy (non-hydrogen) atoms. The fraction of sp³-hybridized carbons (Fsp3) is 0.438. The highest BCUT2D eigenvalue weighted by atomic mass is 79.9. The SMILES string of the molecule is CCCNC(Cc1ccc(CC)cn1)c1csc(Br)c1. The number of aryl methyl sites for hydroxylation is 1. The quantitative estimate of drug-likeness (QED) is 0.777. The summed E-state index contributed by atoms with van der Waals surface area (Å²) in [6.45, 7) is 5.39. The molecular formula is C16H21BrN2S. The summed E-state index contributed by atoms with van der Waals surface area (Å²) in [7, 11) is 0. The van der Waals surface area contributed by atoms with E-state index in [0.29, 0.717) is 6.04 Å². The van der Waals surface area contributed by atoms with Crippen molar-refractivity contribution in [3.05, 3.63) is 50.4 Å². The van der Waals surface area contributed by atoms with Crippen LogP contribution in [-0.2, 0) is 12.8 Å². The van der Waals surface area contributed by atoms with E-state index in [-0.39, 0.29) is 0 Å². The second-order valence-corrected chi connectivity index (χ2v) is 7.20. The molecule has 0 spiro atoms. The highest BCUT2D eigenvalue weighted by Crippen LogP contribution is 2.27. The highest BCUT2D eigenvalue weighted by Gasteiger charge is 2.14. The van der Waals surface area contributed by atoms with Gasteiger partial charge in [0.2, 0.25) is 0 Å². The number of nitrogens with zero attached hydrogens (tertiary/aromatic N) is 1. The van der Waals surface area contributed by atoms with E-state index < -0.39 is 0 Å². The fourth-order valence-electron chi connectivity index (χ4n) is 2.13. The lowest BCUT2D eigenvalue weighted by Gasteiger charge is -2.17. The predicted molar refractivity (Wildman–Crippen MR) is 90.4 cm³/mol. The lowest BCUT2D eigenvalue weighted by molar-refractivity contribution is 0.525. The van der Waals surface area contributed by atoms with Crippen molar-refractivity contribution in [1.29, 1.82) is 0 Å². The summed E-state index contributed by atoms with van der Waals surface area (Å²) < 4.78 is 1.19. The Morgan fingerprint density at radius 1 is 1.35 bits per heavy atom. The first kappa shape index (κ1) is 15.7. The van der Waals surface area contributed by atoms with E-state index in [2.05, 4.69) is 63.7 Å². The molecule has 1 N–H and O–H groups in total. The van der Waals surface area contributed by atoms with Gasteiger partial charge in [0.1, 0.15) is 0 Å². The Labute approximate surface area is 133 Å². The molecule has 0 amide bonds. The Bertz CT molecular complexity index is 522. The fourth-order valence-corrected chi connectivity index (χ4v) is 3.36. The number of nitrogens with one attached hydrogen (secondary N) is 1. The molecule has 2 nitrogen and oxygen atoms in total. The molecule has 1 unspecified atom stereocenters. The minimum absolute atomic E-state index is 0.345. The molecule has 2 rings (SSSR count). The summed E-state index contributed by atoms with van der Waals surface area (Å²) in [6, 6.07) is 6.89. The van der Waals surface area contributed by atoms with Gasteiger partial charge in [0.15, 0.2) is 0 Å². The zero-order chi connectivity index (χ0) is 14.4. The molecule has 4 heteroatoms. The number of thiophene rings is 1. The van der Waals surface area contributed by atoms with Crippen molar-refractivity contribution in [2.24, 2.45) is 0 Å². The van der Waals surface area contributed by atoms with E-state index in [1.165, 1.54) is 14.9 Å². The number of rotatable bonds is 7. The van der Waals surface area contributed by atoms with E-state index >= 15 is 0 Å². The average molecular weight is 353 g/mol. The third-order valence-corrected chi connectivity index (χ3v) is 4.86. The molecule has 0 fully saturated rings. The van der Waals surface area contributed by atoms with Crippen molar-refractivity contribution in [1.82, 2.24) is 10.3 Å². The number of aromatic nitrogens is 1. The van der Waals surface area contributed by atoms with Crippen LogP contribution in [0.3, 0.4) is 0 Å². The smallest absolute Gasteiger partial charge is 0.0701 e. The van der Waals surface area contributed by atoms with Crippen molar-refractivity contribution >= 4 is 27.3 Å². The predicted octanol–water partition coefficient (Wildman–Crippen LogP) is 4.75. The summed E-state index contributed by atoms with van der Waals surface area (Å²) in [6.07, 6.45) is 5.12. The molecule has 0 radical (unpaired) electrons. The van der Waals surface area contributed by atoms with Gasteiger partial charge in [-0.1, -0.05) is 19.9 Å². The molecule has 2 heterocycles. The van der Waals surface area contributed by atoms with Gasteiger partial charge >= 0.3 is 0 Å². The van der Waals surface area contributed by atoms with Crippen LogP contribution in [0.4, 0.5) is 0 Å². The molecule has 0 aromatic carbocycles. The van der Waals surface area contributed by atoms with Gasteiger partial charge in [-0.15, -0.1) is 11.3 Å². The van der Waals surface area contributed by atoms with Crippen LogP contribution < -0.4 is 5.32 Å². The number of pyridine rings is 1. The topological polar surface area (TPSA) is 24.9 Å². The van der Waals surface area contributed by atoms with Crippen LogP contribution in [0.5, 0.6) is 0 Å². The Morgan fingerprint density at radius 2 is 2.20 bits per heavy atom. The first-order chi connectivity index (χ1) is 9.72. The van der Waals surface area contributed by atoms with Crippen LogP contribution in [0.15, 0.2) is 33.6 Å². The molecule has 0 aliphatic rings. The number of hydrogen-bond donors (Lipinski definition) is 1.